The van der Waals surface area contributed by atoms with Gasteiger partial charge in [0.2, 0.25) is 10.0 Å². The first kappa shape index (κ1) is 17.1. The molecule has 0 fully saturated rings. The summed E-state index contributed by atoms with van der Waals surface area (Å²) in [4.78, 5) is 0.491. The van der Waals surface area contributed by atoms with Crippen molar-refractivity contribution in [3.05, 3.63) is 29.8 Å². The summed E-state index contributed by atoms with van der Waals surface area (Å²) < 4.78 is 26.7. The standard InChI is InChI=1S/C13H19Br2NO2S/c1-11-5-7-13(8-6-11)19(17,18)16-10-12(15)4-2-3-9-14/h5-8,12,16H,2-4,9-10H2,1H3. The molecule has 1 aromatic carbocycles. The Morgan fingerprint density at radius 2 is 1.84 bits per heavy atom. The Kier molecular flexibility index (Phi) is 7.57. The highest BCUT2D eigenvalue weighted by Gasteiger charge is 2.15. The van der Waals surface area contributed by atoms with Crippen molar-refractivity contribution >= 4 is 41.9 Å². The summed E-state index contributed by atoms with van der Waals surface area (Å²) in [7, 11) is -3.39. The molecule has 0 spiro atoms. The number of hydrogen-bond acceptors (Lipinski definition) is 2. The lowest BCUT2D eigenvalue weighted by atomic mass is 10.2. The predicted octanol–water partition coefficient (Wildman–Crippen LogP) is 3.60. The molecular formula is C13H19Br2NO2S. The minimum absolute atomic E-state index is 0.173. The van der Waals surface area contributed by atoms with Crippen molar-refractivity contribution in [3.8, 4) is 0 Å². The summed E-state index contributed by atoms with van der Waals surface area (Å²) in [5.74, 6) is 0. The van der Waals surface area contributed by atoms with Gasteiger partial charge in [-0.3, -0.25) is 0 Å². The molecule has 1 aromatic rings. The molecule has 1 rings (SSSR count). The second-order valence-corrected chi connectivity index (χ2v) is 8.30. The lowest BCUT2D eigenvalue weighted by Gasteiger charge is -2.11. The van der Waals surface area contributed by atoms with E-state index in [1.165, 1.54) is 0 Å². The van der Waals surface area contributed by atoms with E-state index in [2.05, 4.69) is 36.6 Å². The fourth-order valence-electron chi connectivity index (χ4n) is 1.56. The summed E-state index contributed by atoms with van der Waals surface area (Å²) in [6.45, 7) is 2.35. The number of rotatable bonds is 8. The molecule has 0 bridgehead atoms. The van der Waals surface area contributed by atoms with Crippen LogP contribution in [0.2, 0.25) is 0 Å². The molecule has 108 valence electrons. The number of sulfonamides is 1. The van der Waals surface area contributed by atoms with Crippen LogP contribution in [0.4, 0.5) is 0 Å². The summed E-state index contributed by atoms with van der Waals surface area (Å²) in [6.07, 6.45) is 3.14. The zero-order chi connectivity index (χ0) is 14.3. The number of unbranched alkanes of at least 4 members (excludes halogenated alkanes) is 1. The predicted molar refractivity (Wildman–Crippen MR) is 86.7 cm³/mol. The number of benzene rings is 1. The molecule has 0 aliphatic rings. The zero-order valence-corrected chi connectivity index (χ0v) is 14.9. The molecule has 1 N–H and O–H groups in total. The van der Waals surface area contributed by atoms with Crippen LogP contribution in [-0.4, -0.2) is 25.1 Å². The maximum atomic E-state index is 12.0. The normalized spacial score (nSPS) is 13.4. The van der Waals surface area contributed by atoms with Crippen LogP contribution in [0.5, 0.6) is 0 Å². The van der Waals surface area contributed by atoms with Gasteiger partial charge >= 0.3 is 0 Å². The maximum absolute atomic E-state index is 12.0. The van der Waals surface area contributed by atoms with E-state index in [9.17, 15) is 8.42 Å². The molecule has 0 aliphatic heterocycles. The fraction of sp³-hybridized carbons (Fsp3) is 0.538. The van der Waals surface area contributed by atoms with Crippen LogP contribution in [-0.2, 0) is 10.0 Å². The van der Waals surface area contributed by atoms with Gasteiger partial charge in [-0.25, -0.2) is 13.1 Å². The molecule has 19 heavy (non-hydrogen) atoms. The second-order valence-electron chi connectivity index (χ2n) is 4.45. The van der Waals surface area contributed by atoms with Crippen molar-refractivity contribution in [2.75, 3.05) is 11.9 Å². The van der Waals surface area contributed by atoms with Crippen LogP contribution in [0.1, 0.15) is 24.8 Å². The van der Waals surface area contributed by atoms with Crippen LogP contribution >= 0.6 is 31.9 Å². The topological polar surface area (TPSA) is 46.2 Å². The first-order chi connectivity index (χ1) is 8.95. The molecule has 0 amide bonds. The van der Waals surface area contributed by atoms with Gasteiger partial charge in [0.1, 0.15) is 0 Å². The Morgan fingerprint density at radius 1 is 1.21 bits per heavy atom. The van der Waals surface area contributed by atoms with Crippen molar-refractivity contribution in [2.45, 2.75) is 35.9 Å². The largest absolute Gasteiger partial charge is 0.240 e. The quantitative estimate of drug-likeness (QED) is 0.523. The van der Waals surface area contributed by atoms with E-state index >= 15 is 0 Å². The number of nitrogens with one attached hydrogen (secondary N) is 1. The molecule has 6 heteroatoms. The van der Waals surface area contributed by atoms with Gasteiger partial charge in [0.05, 0.1) is 4.90 Å². The molecule has 1 atom stereocenters. The molecule has 1 unspecified atom stereocenters. The Hall–Kier alpha value is 0.0900. The molecule has 3 nitrogen and oxygen atoms in total. The molecule has 0 aliphatic carbocycles. The first-order valence-corrected chi connectivity index (χ1v) is 9.74. The Bertz CT molecular complexity index is 474. The fourth-order valence-corrected chi connectivity index (χ4v) is 3.74. The van der Waals surface area contributed by atoms with Crippen LogP contribution in [0.15, 0.2) is 29.2 Å². The van der Waals surface area contributed by atoms with E-state index in [1.807, 2.05) is 6.92 Å². The molecule has 0 aromatic heterocycles. The number of alkyl halides is 2. The van der Waals surface area contributed by atoms with Crippen molar-refractivity contribution in [1.29, 1.82) is 0 Å². The van der Waals surface area contributed by atoms with Gasteiger partial charge in [0.25, 0.3) is 0 Å². The number of hydrogen-bond donors (Lipinski definition) is 1. The SMILES string of the molecule is Cc1ccc(S(=O)(=O)NCC(Br)CCCCBr)cc1. The Balaban J connectivity index is 2.49. The Morgan fingerprint density at radius 3 is 2.42 bits per heavy atom. The van der Waals surface area contributed by atoms with Crippen molar-refractivity contribution in [2.24, 2.45) is 0 Å². The molecule has 0 radical (unpaired) electrons. The number of aryl methyl sites for hydroxylation is 1. The molecule has 0 saturated carbocycles. The van der Waals surface area contributed by atoms with Gasteiger partial charge in [-0.1, -0.05) is 56.0 Å². The lowest BCUT2D eigenvalue weighted by molar-refractivity contribution is 0.577. The Labute approximate surface area is 132 Å². The second kappa shape index (κ2) is 8.39. The highest BCUT2D eigenvalue weighted by atomic mass is 79.9. The summed E-state index contributed by atoms with van der Waals surface area (Å²) in [6, 6.07) is 6.86. The van der Waals surface area contributed by atoms with E-state index < -0.39 is 10.0 Å². The molecular weight excluding hydrogens is 394 g/mol. The summed E-state index contributed by atoms with van der Waals surface area (Å²) >= 11 is 6.88. The minimum Gasteiger partial charge on any atom is -0.210 e. The van der Waals surface area contributed by atoms with Gasteiger partial charge in [0.15, 0.2) is 0 Å². The van der Waals surface area contributed by atoms with Crippen LogP contribution in [0, 0.1) is 6.92 Å². The first-order valence-electron chi connectivity index (χ1n) is 6.22. The van der Waals surface area contributed by atoms with E-state index in [0.29, 0.717) is 11.4 Å². The zero-order valence-electron chi connectivity index (χ0n) is 10.9. The van der Waals surface area contributed by atoms with Gasteiger partial charge < -0.3 is 0 Å². The van der Waals surface area contributed by atoms with Crippen molar-refractivity contribution in [1.82, 2.24) is 4.72 Å². The average molecular weight is 413 g/mol. The third-order valence-electron chi connectivity index (χ3n) is 2.73. The smallest absolute Gasteiger partial charge is 0.210 e. The summed E-state index contributed by atoms with van der Waals surface area (Å²) in [5.41, 5.74) is 1.05. The van der Waals surface area contributed by atoms with E-state index in [-0.39, 0.29) is 4.83 Å². The molecule has 0 saturated heterocycles. The van der Waals surface area contributed by atoms with E-state index in [1.54, 1.807) is 24.3 Å². The number of halogens is 2. The maximum Gasteiger partial charge on any atom is 0.240 e. The van der Waals surface area contributed by atoms with Gasteiger partial charge in [-0.2, -0.15) is 0 Å². The lowest BCUT2D eigenvalue weighted by Crippen LogP contribution is -2.29. The van der Waals surface area contributed by atoms with E-state index in [0.717, 1.165) is 30.2 Å². The molecule has 0 heterocycles. The monoisotopic (exact) mass is 411 g/mol. The van der Waals surface area contributed by atoms with Crippen LogP contribution in [0.25, 0.3) is 0 Å². The summed E-state index contributed by atoms with van der Waals surface area (Å²) in [5, 5.41) is 0.988. The van der Waals surface area contributed by atoms with Crippen molar-refractivity contribution in [3.63, 3.8) is 0 Å². The van der Waals surface area contributed by atoms with E-state index in [4.69, 9.17) is 0 Å². The van der Waals surface area contributed by atoms with Crippen LogP contribution < -0.4 is 4.72 Å². The van der Waals surface area contributed by atoms with Gasteiger partial charge in [0, 0.05) is 16.7 Å². The van der Waals surface area contributed by atoms with Crippen molar-refractivity contribution < 1.29 is 8.42 Å². The van der Waals surface area contributed by atoms with Gasteiger partial charge in [-0.05, 0) is 31.9 Å². The van der Waals surface area contributed by atoms with Crippen LogP contribution in [0.3, 0.4) is 0 Å². The third kappa shape index (κ3) is 6.38. The highest BCUT2D eigenvalue weighted by molar-refractivity contribution is 9.09. The average Bonchev–Trinajstić information content (AvgIpc) is 2.37. The minimum atomic E-state index is -3.39. The third-order valence-corrected chi connectivity index (χ3v) is 5.51. The van der Waals surface area contributed by atoms with Gasteiger partial charge in [-0.15, -0.1) is 0 Å². The highest BCUT2D eigenvalue weighted by Crippen LogP contribution is 2.13.